The molecule has 2 atom stereocenters. The van der Waals surface area contributed by atoms with Gasteiger partial charge >= 0.3 is 12.1 Å². The van der Waals surface area contributed by atoms with Crippen molar-refractivity contribution in [1.29, 1.82) is 0 Å². The van der Waals surface area contributed by atoms with Crippen molar-refractivity contribution in [3.05, 3.63) is 23.3 Å². The molecule has 0 radical (unpaired) electrons. The zero-order chi connectivity index (χ0) is 14.9. The number of carboxylic acid groups (broad SMARTS) is 1. The SMILES string of the molecule is CC1CCCC(c2ncc(C(=O)O)c(C(F)(F)F)n2)C1. The Morgan fingerprint density at radius 2 is 2.10 bits per heavy atom. The molecule has 1 saturated carbocycles. The highest BCUT2D eigenvalue weighted by Crippen LogP contribution is 2.36. The fraction of sp³-hybridized carbons (Fsp3) is 0.615. The van der Waals surface area contributed by atoms with E-state index >= 15 is 0 Å². The van der Waals surface area contributed by atoms with Crippen molar-refractivity contribution in [3.8, 4) is 0 Å². The van der Waals surface area contributed by atoms with Crippen LogP contribution in [0.25, 0.3) is 0 Å². The number of rotatable bonds is 2. The lowest BCUT2D eigenvalue weighted by Crippen LogP contribution is -2.20. The topological polar surface area (TPSA) is 63.1 Å². The normalized spacial score (nSPS) is 23.6. The van der Waals surface area contributed by atoms with E-state index in [1.54, 1.807) is 0 Å². The highest BCUT2D eigenvalue weighted by atomic mass is 19.4. The molecule has 0 amide bonds. The summed E-state index contributed by atoms with van der Waals surface area (Å²) in [6, 6.07) is 0. The Morgan fingerprint density at radius 3 is 2.65 bits per heavy atom. The van der Waals surface area contributed by atoms with Gasteiger partial charge in [0.25, 0.3) is 0 Å². The van der Waals surface area contributed by atoms with Gasteiger partial charge in [-0.1, -0.05) is 19.8 Å². The van der Waals surface area contributed by atoms with Crippen molar-refractivity contribution in [1.82, 2.24) is 9.97 Å². The van der Waals surface area contributed by atoms with Crippen molar-refractivity contribution >= 4 is 5.97 Å². The van der Waals surface area contributed by atoms with Crippen molar-refractivity contribution in [2.24, 2.45) is 5.92 Å². The molecule has 0 bridgehead atoms. The van der Waals surface area contributed by atoms with Crippen LogP contribution >= 0.6 is 0 Å². The standard InChI is InChI=1S/C13H15F3N2O2/c1-7-3-2-4-8(5-7)11-17-6-9(12(19)20)10(18-11)13(14,15)16/h6-8H,2-5H2,1H3,(H,19,20). The first-order chi connectivity index (χ1) is 9.29. The van der Waals surface area contributed by atoms with Crippen LogP contribution in [0.4, 0.5) is 13.2 Å². The summed E-state index contributed by atoms with van der Waals surface area (Å²) in [5, 5.41) is 8.79. The molecule has 1 aliphatic carbocycles. The first-order valence-electron chi connectivity index (χ1n) is 6.46. The molecule has 0 saturated heterocycles. The van der Waals surface area contributed by atoms with Gasteiger partial charge in [0.2, 0.25) is 0 Å². The molecule has 0 aromatic carbocycles. The number of nitrogens with zero attached hydrogens (tertiary/aromatic N) is 2. The number of carbonyl (C=O) groups is 1. The highest BCUT2D eigenvalue weighted by Gasteiger charge is 2.39. The molecule has 0 spiro atoms. The molecule has 2 rings (SSSR count). The predicted molar refractivity (Wildman–Crippen MR) is 64.4 cm³/mol. The van der Waals surface area contributed by atoms with Crippen molar-refractivity contribution < 1.29 is 23.1 Å². The molecule has 20 heavy (non-hydrogen) atoms. The molecule has 1 fully saturated rings. The van der Waals surface area contributed by atoms with Crippen LogP contribution in [0.15, 0.2) is 6.20 Å². The summed E-state index contributed by atoms with van der Waals surface area (Å²) in [5.74, 6) is -1.26. The van der Waals surface area contributed by atoms with Crippen LogP contribution in [0.2, 0.25) is 0 Å². The predicted octanol–water partition coefficient (Wildman–Crippen LogP) is 3.49. The Hall–Kier alpha value is -1.66. The second kappa shape index (κ2) is 5.38. The van der Waals surface area contributed by atoms with Gasteiger partial charge in [0.15, 0.2) is 5.69 Å². The number of halogens is 3. The van der Waals surface area contributed by atoms with Crippen LogP contribution in [0.5, 0.6) is 0 Å². The third-order valence-corrected chi connectivity index (χ3v) is 3.61. The third-order valence-electron chi connectivity index (χ3n) is 3.61. The maximum absolute atomic E-state index is 12.9. The molecule has 4 nitrogen and oxygen atoms in total. The first-order valence-corrected chi connectivity index (χ1v) is 6.46. The van der Waals surface area contributed by atoms with Gasteiger partial charge in [0.05, 0.1) is 0 Å². The Morgan fingerprint density at radius 1 is 1.40 bits per heavy atom. The smallest absolute Gasteiger partial charge is 0.434 e. The van der Waals surface area contributed by atoms with Gasteiger partial charge < -0.3 is 5.11 Å². The zero-order valence-electron chi connectivity index (χ0n) is 10.9. The van der Waals surface area contributed by atoms with Crippen LogP contribution in [0.1, 0.15) is 60.4 Å². The van der Waals surface area contributed by atoms with Crippen molar-refractivity contribution in [3.63, 3.8) is 0 Å². The van der Waals surface area contributed by atoms with Gasteiger partial charge in [-0.15, -0.1) is 0 Å². The van der Waals surface area contributed by atoms with Crippen LogP contribution in [-0.4, -0.2) is 21.0 Å². The number of hydrogen-bond donors (Lipinski definition) is 1. The van der Waals surface area contributed by atoms with E-state index in [9.17, 15) is 18.0 Å². The maximum atomic E-state index is 12.9. The monoisotopic (exact) mass is 288 g/mol. The molecule has 110 valence electrons. The minimum atomic E-state index is -4.79. The molecule has 2 unspecified atom stereocenters. The fourth-order valence-corrected chi connectivity index (χ4v) is 2.63. The van der Waals surface area contributed by atoms with Gasteiger partial charge in [-0.05, 0) is 18.8 Å². The quantitative estimate of drug-likeness (QED) is 0.904. The van der Waals surface area contributed by atoms with E-state index in [1.165, 1.54) is 0 Å². The Balaban J connectivity index is 2.39. The van der Waals surface area contributed by atoms with E-state index < -0.39 is 23.4 Å². The summed E-state index contributed by atoms with van der Waals surface area (Å²) in [5.41, 5.74) is -2.25. The van der Waals surface area contributed by atoms with Gasteiger partial charge in [0.1, 0.15) is 11.4 Å². The average Bonchev–Trinajstić information content (AvgIpc) is 2.37. The molecular formula is C13H15F3N2O2. The van der Waals surface area contributed by atoms with Gasteiger partial charge in [-0.2, -0.15) is 13.2 Å². The summed E-state index contributed by atoms with van der Waals surface area (Å²) in [7, 11) is 0. The number of hydrogen-bond acceptors (Lipinski definition) is 3. The summed E-state index contributed by atoms with van der Waals surface area (Å²) >= 11 is 0. The summed E-state index contributed by atoms with van der Waals surface area (Å²) in [4.78, 5) is 18.2. The first kappa shape index (κ1) is 14.7. The zero-order valence-corrected chi connectivity index (χ0v) is 10.9. The van der Waals surface area contributed by atoms with E-state index in [2.05, 4.69) is 9.97 Å². The minimum absolute atomic E-state index is 0.105. The van der Waals surface area contributed by atoms with E-state index in [-0.39, 0.29) is 11.7 Å². The molecule has 1 aromatic rings. The van der Waals surface area contributed by atoms with Crippen molar-refractivity contribution in [2.75, 3.05) is 0 Å². The van der Waals surface area contributed by atoms with Gasteiger partial charge in [-0.3, -0.25) is 0 Å². The third kappa shape index (κ3) is 3.08. The number of carboxylic acids is 1. The summed E-state index contributed by atoms with van der Waals surface area (Å²) < 4.78 is 38.6. The second-order valence-corrected chi connectivity index (χ2v) is 5.26. The summed E-state index contributed by atoms with van der Waals surface area (Å²) in [6.45, 7) is 2.04. The van der Waals surface area contributed by atoms with E-state index in [4.69, 9.17) is 5.11 Å². The number of aromatic nitrogens is 2. The molecule has 0 aliphatic heterocycles. The second-order valence-electron chi connectivity index (χ2n) is 5.26. The van der Waals surface area contributed by atoms with Crippen molar-refractivity contribution in [2.45, 2.75) is 44.7 Å². The van der Waals surface area contributed by atoms with E-state index in [0.29, 0.717) is 5.92 Å². The Labute approximate surface area is 114 Å². The van der Waals surface area contributed by atoms with E-state index in [1.807, 2.05) is 6.92 Å². The molecular weight excluding hydrogens is 273 g/mol. The average molecular weight is 288 g/mol. The molecule has 1 heterocycles. The lowest BCUT2D eigenvalue weighted by molar-refractivity contribution is -0.142. The molecule has 1 aliphatic rings. The lowest BCUT2D eigenvalue weighted by atomic mass is 9.82. The molecule has 1 aromatic heterocycles. The number of aromatic carboxylic acids is 1. The van der Waals surface area contributed by atoms with Crippen LogP contribution < -0.4 is 0 Å². The van der Waals surface area contributed by atoms with Crippen LogP contribution in [0, 0.1) is 5.92 Å². The minimum Gasteiger partial charge on any atom is -0.478 e. The number of alkyl halides is 3. The Bertz CT molecular complexity index is 517. The van der Waals surface area contributed by atoms with E-state index in [0.717, 1.165) is 31.9 Å². The highest BCUT2D eigenvalue weighted by molar-refractivity contribution is 5.88. The summed E-state index contributed by atoms with van der Waals surface area (Å²) in [6.07, 6.45) is -0.552. The molecule has 7 heteroatoms. The van der Waals surface area contributed by atoms with Gasteiger partial charge in [0, 0.05) is 12.1 Å². The lowest BCUT2D eigenvalue weighted by Gasteiger charge is -2.26. The fourth-order valence-electron chi connectivity index (χ4n) is 2.63. The van der Waals surface area contributed by atoms with Crippen LogP contribution in [0.3, 0.4) is 0 Å². The van der Waals surface area contributed by atoms with Crippen LogP contribution in [-0.2, 0) is 6.18 Å². The molecule has 1 N–H and O–H groups in total. The van der Waals surface area contributed by atoms with Gasteiger partial charge in [-0.25, -0.2) is 14.8 Å². The largest absolute Gasteiger partial charge is 0.478 e. The Kier molecular flexibility index (Phi) is 3.96. The maximum Gasteiger partial charge on any atom is 0.434 e.